The lowest BCUT2D eigenvalue weighted by Crippen LogP contribution is -2.46. The van der Waals surface area contributed by atoms with E-state index in [1.807, 2.05) is 20.8 Å². The van der Waals surface area contributed by atoms with Gasteiger partial charge in [-0.2, -0.15) is 0 Å². The van der Waals surface area contributed by atoms with Gasteiger partial charge in [0.05, 0.1) is 25.9 Å². The third-order valence-corrected chi connectivity index (χ3v) is 3.75. The number of Topliss-reactive ketones (excluding diaryl/α,β-unsaturated/α-hetero) is 1. The Labute approximate surface area is 120 Å². The summed E-state index contributed by atoms with van der Waals surface area (Å²) in [4.78, 5) is 14.6. The average Bonchev–Trinajstić information content (AvgIpc) is 2.37. The molecule has 4 nitrogen and oxygen atoms in total. The van der Waals surface area contributed by atoms with Gasteiger partial charge in [0.1, 0.15) is 0 Å². The third kappa shape index (κ3) is 3.45. The predicted octanol–water partition coefficient (Wildman–Crippen LogP) is 1.49. The van der Waals surface area contributed by atoms with E-state index in [0.717, 1.165) is 23.2 Å². The van der Waals surface area contributed by atoms with Gasteiger partial charge in [-0.3, -0.25) is 9.69 Å². The minimum Gasteiger partial charge on any atom is -0.394 e. The van der Waals surface area contributed by atoms with E-state index >= 15 is 0 Å². The monoisotopic (exact) mass is 277 g/mol. The highest BCUT2D eigenvalue weighted by molar-refractivity contribution is 6.00. The molecule has 1 unspecified atom stereocenters. The van der Waals surface area contributed by atoms with Gasteiger partial charge in [0, 0.05) is 18.7 Å². The van der Waals surface area contributed by atoms with Crippen LogP contribution in [0.3, 0.4) is 0 Å². The van der Waals surface area contributed by atoms with E-state index in [9.17, 15) is 4.79 Å². The van der Waals surface area contributed by atoms with Crippen LogP contribution < -0.4 is 0 Å². The molecule has 0 aliphatic carbocycles. The van der Waals surface area contributed by atoms with Gasteiger partial charge in [-0.25, -0.2) is 0 Å². The van der Waals surface area contributed by atoms with E-state index in [0.29, 0.717) is 19.7 Å². The van der Waals surface area contributed by atoms with Crippen LogP contribution in [0.1, 0.15) is 27.0 Å². The molecule has 1 aliphatic heterocycles. The molecule has 1 N–H and O–H groups in total. The minimum atomic E-state index is -0.170. The first kappa shape index (κ1) is 15.2. The Morgan fingerprint density at radius 2 is 2.00 bits per heavy atom. The van der Waals surface area contributed by atoms with Crippen molar-refractivity contribution in [3.8, 4) is 0 Å². The molecule has 1 aliphatic rings. The standard InChI is InChI=1S/C16H23NO3/c1-11-6-12(2)16(13(3)7-11)15(19)9-17-4-5-20-14(8-17)10-18/h6-7,14,18H,4-5,8-10H2,1-3H3. The third-order valence-electron chi connectivity index (χ3n) is 3.75. The Morgan fingerprint density at radius 3 is 2.60 bits per heavy atom. The van der Waals surface area contributed by atoms with Gasteiger partial charge in [-0.05, 0) is 31.9 Å². The normalized spacial score (nSPS) is 20.1. The SMILES string of the molecule is Cc1cc(C)c(C(=O)CN2CCOC(CO)C2)c(C)c1. The average molecular weight is 277 g/mol. The van der Waals surface area contributed by atoms with E-state index in [1.165, 1.54) is 5.56 Å². The first-order valence-electron chi connectivity index (χ1n) is 7.07. The maximum Gasteiger partial charge on any atom is 0.177 e. The molecule has 0 spiro atoms. The summed E-state index contributed by atoms with van der Waals surface area (Å²) in [6.45, 7) is 8.36. The van der Waals surface area contributed by atoms with Crippen LogP contribution in [0.4, 0.5) is 0 Å². The lowest BCUT2D eigenvalue weighted by molar-refractivity contribution is -0.0503. The highest BCUT2D eigenvalue weighted by Crippen LogP contribution is 2.18. The summed E-state index contributed by atoms with van der Waals surface area (Å²) in [5.41, 5.74) is 4.10. The van der Waals surface area contributed by atoms with Crippen molar-refractivity contribution in [2.45, 2.75) is 26.9 Å². The minimum absolute atomic E-state index is 0.00722. The van der Waals surface area contributed by atoms with E-state index < -0.39 is 0 Å². The molecular weight excluding hydrogens is 254 g/mol. The number of rotatable bonds is 4. The number of aryl methyl sites for hydroxylation is 3. The number of hydrogen-bond donors (Lipinski definition) is 1. The number of carbonyl (C=O) groups excluding carboxylic acids is 1. The molecule has 1 fully saturated rings. The zero-order valence-corrected chi connectivity index (χ0v) is 12.5. The number of morpholine rings is 1. The number of aliphatic hydroxyl groups excluding tert-OH is 1. The molecule has 1 heterocycles. The van der Waals surface area contributed by atoms with Gasteiger partial charge < -0.3 is 9.84 Å². The molecule has 1 atom stereocenters. The Kier molecular flexibility index (Phi) is 4.91. The number of benzene rings is 1. The molecular formula is C16H23NO3. The van der Waals surface area contributed by atoms with E-state index in [2.05, 4.69) is 17.0 Å². The summed E-state index contributed by atoms with van der Waals surface area (Å²) in [6, 6.07) is 4.10. The van der Waals surface area contributed by atoms with Crippen LogP contribution >= 0.6 is 0 Å². The molecule has 4 heteroatoms. The van der Waals surface area contributed by atoms with Crippen molar-refractivity contribution >= 4 is 5.78 Å². The lowest BCUT2D eigenvalue weighted by Gasteiger charge is -2.31. The molecule has 20 heavy (non-hydrogen) atoms. The van der Waals surface area contributed by atoms with Crippen LogP contribution in [0, 0.1) is 20.8 Å². The maximum absolute atomic E-state index is 12.5. The molecule has 0 aromatic heterocycles. The van der Waals surface area contributed by atoms with Crippen LogP contribution in [0.25, 0.3) is 0 Å². The Hall–Kier alpha value is -1.23. The van der Waals surface area contributed by atoms with Gasteiger partial charge in [0.15, 0.2) is 5.78 Å². The number of hydrogen-bond acceptors (Lipinski definition) is 4. The second kappa shape index (κ2) is 6.48. The smallest absolute Gasteiger partial charge is 0.177 e. The summed E-state index contributed by atoms with van der Waals surface area (Å²) >= 11 is 0. The molecule has 0 saturated carbocycles. The summed E-state index contributed by atoms with van der Waals surface area (Å²) in [5, 5.41) is 9.14. The highest BCUT2D eigenvalue weighted by Gasteiger charge is 2.23. The fraction of sp³-hybridized carbons (Fsp3) is 0.562. The molecule has 0 amide bonds. The Bertz CT molecular complexity index is 475. The van der Waals surface area contributed by atoms with Gasteiger partial charge in [-0.1, -0.05) is 17.7 Å². The van der Waals surface area contributed by atoms with E-state index in [1.54, 1.807) is 0 Å². The Balaban J connectivity index is 2.09. The van der Waals surface area contributed by atoms with Crippen LogP contribution in [0.2, 0.25) is 0 Å². The van der Waals surface area contributed by atoms with Crippen LogP contribution in [-0.2, 0) is 4.74 Å². The molecule has 110 valence electrons. The van der Waals surface area contributed by atoms with Gasteiger partial charge in [0.25, 0.3) is 0 Å². The summed E-state index contributed by atoms with van der Waals surface area (Å²) in [6.07, 6.45) is -0.170. The summed E-state index contributed by atoms with van der Waals surface area (Å²) in [7, 11) is 0. The fourth-order valence-corrected chi connectivity index (χ4v) is 2.94. The van der Waals surface area contributed by atoms with Crippen molar-refractivity contribution in [3.63, 3.8) is 0 Å². The van der Waals surface area contributed by atoms with Gasteiger partial charge >= 0.3 is 0 Å². The lowest BCUT2D eigenvalue weighted by atomic mass is 9.96. The first-order valence-corrected chi connectivity index (χ1v) is 7.07. The van der Waals surface area contributed by atoms with Crippen molar-refractivity contribution < 1.29 is 14.6 Å². The van der Waals surface area contributed by atoms with Gasteiger partial charge in [0.2, 0.25) is 0 Å². The first-order chi connectivity index (χ1) is 9.51. The number of carbonyl (C=O) groups is 1. The summed E-state index contributed by atoms with van der Waals surface area (Å²) in [5.74, 6) is 0.151. The van der Waals surface area contributed by atoms with Crippen molar-refractivity contribution in [1.29, 1.82) is 0 Å². The molecule has 2 rings (SSSR count). The number of ether oxygens (including phenoxy) is 1. The molecule has 0 bridgehead atoms. The zero-order chi connectivity index (χ0) is 14.7. The number of ketones is 1. The van der Waals surface area contributed by atoms with Crippen LogP contribution in [0.15, 0.2) is 12.1 Å². The van der Waals surface area contributed by atoms with Crippen molar-refractivity contribution in [1.82, 2.24) is 4.90 Å². The number of nitrogens with zero attached hydrogens (tertiary/aromatic N) is 1. The molecule has 0 radical (unpaired) electrons. The van der Waals surface area contributed by atoms with Crippen LogP contribution in [0.5, 0.6) is 0 Å². The second-order valence-corrected chi connectivity index (χ2v) is 5.61. The number of aliphatic hydroxyl groups is 1. The van der Waals surface area contributed by atoms with Crippen LogP contribution in [-0.4, -0.2) is 54.7 Å². The predicted molar refractivity (Wildman–Crippen MR) is 78.2 cm³/mol. The Morgan fingerprint density at radius 1 is 1.35 bits per heavy atom. The highest BCUT2D eigenvalue weighted by atomic mass is 16.5. The molecule has 1 aromatic carbocycles. The maximum atomic E-state index is 12.5. The van der Waals surface area contributed by atoms with Crippen molar-refractivity contribution in [2.24, 2.45) is 0 Å². The second-order valence-electron chi connectivity index (χ2n) is 5.61. The van der Waals surface area contributed by atoms with Gasteiger partial charge in [-0.15, -0.1) is 0 Å². The van der Waals surface area contributed by atoms with Crippen molar-refractivity contribution in [3.05, 3.63) is 34.4 Å². The molecule has 1 saturated heterocycles. The summed E-state index contributed by atoms with van der Waals surface area (Å²) < 4.78 is 5.40. The zero-order valence-electron chi connectivity index (χ0n) is 12.5. The molecule has 1 aromatic rings. The quantitative estimate of drug-likeness (QED) is 0.847. The fourth-order valence-electron chi connectivity index (χ4n) is 2.94. The topological polar surface area (TPSA) is 49.8 Å². The van der Waals surface area contributed by atoms with E-state index in [-0.39, 0.29) is 18.5 Å². The van der Waals surface area contributed by atoms with E-state index in [4.69, 9.17) is 9.84 Å². The van der Waals surface area contributed by atoms with Crippen molar-refractivity contribution in [2.75, 3.05) is 32.8 Å². The largest absolute Gasteiger partial charge is 0.394 e.